The van der Waals surface area contributed by atoms with Crippen molar-refractivity contribution in [2.45, 2.75) is 38.8 Å². The first-order chi connectivity index (χ1) is 16.1. The number of carbonyl (C=O) groups is 1. The maximum absolute atomic E-state index is 11.3. The van der Waals surface area contributed by atoms with Gasteiger partial charge in [0.2, 0.25) is 0 Å². The highest BCUT2D eigenvalue weighted by Crippen LogP contribution is 2.34. The number of benzene rings is 3. The predicted molar refractivity (Wildman–Crippen MR) is 128 cm³/mol. The van der Waals surface area contributed by atoms with Gasteiger partial charge >= 0.3 is 5.97 Å². The third-order valence-corrected chi connectivity index (χ3v) is 6.23. The van der Waals surface area contributed by atoms with Gasteiger partial charge in [0.25, 0.3) is 0 Å². The Balaban J connectivity index is 1.41. The van der Waals surface area contributed by atoms with E-state index in [-0.39, 0.29) is 6.42 Å². The van der Waals surface area contributed by atoms with E-state index >= 15 is 0 Å². The highest BCUT2D eigenvalue weighted by Gasteiger charge is 2.22. The summed E-state index contributed by atoms with van der Waals surface area (Å²) < 4.78 is 11.9. The molecule has 0 radical (unpaired) electrons. The Labute approximate surface area is 192 Å². The summed E-state index contributed by atoms with van der Waals surface area (Å²) in [5.74, 6) is 0.516. The van der Waals surface area contributed by atoms with Gasteiger partial charge < -0.3 is 20.0 Å². The standard InChI is InChI=1S/C28H27NO4/c29-15-20-2-1-3-21(11-20)22-8-9-26-25(13-22)24(16-32-26)17-33-27-12-19(10-18-4-5-18)6-7-23(27)14-28(30)31/h1-3,6-9,11-13,16,18H,4-5,10,14-15,17,29H2,(H,30,31). The summed E-state index contributed by atoms with van der Waals surface area (Å²) in [6.07, 6.45) is 5.21. The van der Waals surface area contributed by atoms with E-state index < -0.39 is 5.97 Å². The zero-order valence-electron chi connectivity index (χ0n) is 18.4. The van der Waals surface area contributed by atoms with Crippen molar-refractivity contribution >= 4 is 16.9 Å². The second-order valence-corrected chi connectivity index (χ2v) is 8.83. The van der Waals surface area contributed by atoms with Crippen molar-refractivity contribution in [2.24, 2.45) is 11.7 Å². The lowest BCUT2D eigenvalue weighted by Gasteiger charge is -2.12. The number of fused-ring (bicyclic) bond motifs is 1. The molecule has 1 aromatic heterocycles. The Morgan fingerprint density at radius 3 is 2.64 bits per heavy atom. The SMILES string of the molecule is NCc1cccc(-c2ccc3occ(COc4cc(CC5CC5)ccc4CC(=O)O)c3c2)c1. The van der Waals surface area contributed by atoms with Crippen molar-refractivity contribution in [1.29, 1.82) is 0 Å². The van der Waals surface area contributed by atoms with Crippen LogP contribution in [0.3, 0.4) is 0 Å². The van der Waals surface area contributed by atoms with Gasteiger partial charge in [-0.2, -0.15) is 0 Å². The Kier molecular flexibility index (Phi) is 5.88. The molecule has 3 N–H and O–H groups in total. The monoisotopic (exact) mass is 441 g/mol. The molecule has 1 saturated carbocycles. The molecule has 33 heavy (non-hydrogen) atoms. The van der Waals surface area contributed by atoms with Gasteiger partial charge in [0.15, 0.2) is 0 Å². The molecule has 0 saturated heterocycles. The van der Waals surface area contributed by atoms with E-state index in [9.17, 15) is 9.90 Å². The third-order valence-electron chi connectivity index (χ3n) is 6.23. The van der Waals surface area contributed by atoms with E-state index in [4.69, 9.17) is 14.9 Å². The molecule has 4 aromatic rings. The highest BCUT2D eigenvalue weighted by molar-refractivity contribution is 5.86. The molecular formula is C28H27NO4. The number of nitrogens with two attached hydrogens (primary N) is 1. The molecule has 1 fully saturated rings. The van der Waals surface area contributed by atoms with Crippen LogP contribution in [0.4, 0.5) is 0 Å². The first-order valence-electron chi connectivity index (χ1n) is 11.3. The Morgan fingerprint density at radius 1 is 1.00 bits per heavy atom. The molecule has 168 valence electrons. The number of aliphatic carboxylic acids is 1. The van der Waals surface area contributed by atoms with Crippen molar-refractivity contribution < 1.29 is 19.1 Å². The molecule has 1 heterocycles. The predicted octanol–water partition coefficient (Wildman–Crippen LogP) is 5.72. The molecule has 0 aliphatic heterocycles. The average Bonchev–Trinajstić information content (AvgIpc) is 3.55. The Hall–Kier alpha value is -3.57. The molecule has 0 atom stereocenters. The van der Waals surface area contributed by atoms with Crippen molar-refractivity contribution in [1.82, 2.24) is 0 Å². The third kappa shape index (κ3) is 4.94. The number of hydrogen-bond donors (Lipinski definition) is 2. The molecule has 1 aliphatic carbocycles. The number of ether oxygens (including phenoxy) is 1. The molecule has 0 unspecified atom stereocenters. The molecule has 0 spiro atoms. The second-order valence-electron chi connectivity index (χ2n) is 8.83. The lowest BCUT2D eigenvalue weighted by atomic mass is 10.0. The second kappa shape index (κ2) is 9.12. The summed E-state index contributed by atoms with van der Waals surface area (Å²) in [6, 6.07) is 20.2. The zero-order valence-corrected chi connectivity index (χ0v) is 18.4. The number of carboxylic acids is 1. The van der Waals surface area contributed by atoms with E-state index in [0.29, 0.717) is 24.5 Å². The first kappa shape index (κ1) is 21.3. The van der Waals surface area contributed by atoms with Crippen LogP contribution in [0.2, 0.25) is 0 Å². The van der Waals surface area contributed by atoms with E-state index in [0.717, 1.165) is 45.6 Å². The van der Waals surface area contributed by atoms with Gasteiger partial charge in [0, 0.05) is 23.1 Å². The summed E-state index contributed by atoms with van der Waals surface area (Å²) in [5.41, 5.74) is 12.7. The maximum atomic E-state index is 11.3. The van der Waals surface area contributed by atoms with Crippen LogP contribution in [0.1, 0.15) is 35.1 Å². The molecule has 5 nitrogen and oxygen atoms in total. The van der Waals surface area contributed by atoms with Gasteiger partial charge in [0.05, 0.1) is 12.7 Å². The smallest absolute Gasteiger partial charge is 0.307 e. The van der Waals surface area contributed by atoms with Gasteiger partial charge in [0.1, 0.15) is 17.9 Å². The lowest BCUT2D eigenvalue weighted by Crippen LogP contribution is -2.05. The van der Waals surface area contributed by atoms with Crippen LogP contribution in [0.5, 0.6) is 5.75 Å². The topological polar surface area (TPSA) is 85.7 Å². The van der Waals surface area contributed by atoms with E-state index in [2.05, 4.69) is 18.2 Å². The molecule has 0 amide bonds. The summed E-state index contributed by atoms with van der Waals surface area (Å²) in [4.78, 5) is 11.3. The number of rotatable bonds is 9. The van der Waals surface area contributed by atoms with Gasteiger partial charge in [-0.05, 0) is 71.7 Å². The molecule has 0 bridgehead atoms. The number of furan rings is 1. The van der Waals surface area contributed by atoms with Crippen LogP contribution >= 0.6 is 0 Å². The van der Waals surface area contributed by atoms with Crippen LogP contribution in [0.25, 0.3) is 22.1 Å². The van der Waals surface area contributed by atoms with Crippen LogP contribution in [0.15, 0.2) is 71.3 Å². The molecule has 5 heteroatoms. The Morgan fingerprint density at radius 2 is 1.85 bits per heavy atom. The normalized spacial score (nSPS) is 13.4. The minimum Gasteiger partial charge on any atom is -0.488 e. The van der Waals surface area contributed by atoms with Crippen molar-refractivity contribution in [3.05, 3.63) is 89.2 Å². The van der Waals surface area contributed by atoms with E-state index in [1.807, 2.05) is 42.5 Å². The minimum atomic E-state index is -0.868. The van der Waals surface area contributed by atoms with Crippen LogP contribution in [-0.4, -0.2) is 11.1 Å². The molecule has 3 aromatic carbocycles. The first-order valence-corrected chi connectivity index (χ1v) is 11.3. The van der Waals surface area contributed by atoms with Gasteiger partial charge in [-0.1, -0.05) is 36.4 Å². The summed E-state index contributed by atoms with van der Waals surface area (Å²) in [6.45, 7) is 0.804. The van der Waals surface area contributed by atoms with Gasteiger partial charge in [-0.25, -0.2) is 0 Å². The quantitative estimate of drug-likeness (QED) is 0.347. The zero-order chi connectivity index (χ0) is 22.8. The summed E-state index contributed by atoms with van der Waals surface area (Å²) >= 11 is 0. The fraction of sp³-hybridized carbons (Fsp3) is 0.250. The minimum absolute atomic E-state index is 0.0627. The fourth-order valence-electron chi connectivity index (χ4n) is 4.23. The van der Waals surface area contributed by atoms with Crippen molar-refractivity contribution in [3.63, 3.8) is 0 Å². The van der Waals surface area contributed by atoms with Gasteiger partial charge in [-0.15, -0.1) is 0 Å². The molecule has 5 rings (SSSR count). The molecule has 1 aliphatic rings. The number of hydrogen-bond acceptors (Lipinski definition) is 4. The number of carboxylic acid groups (broad SMARTS) is 1. The Bertz CT molecular complexity index is 1300. The van der Waals surface area contributed by atoms with Crippen LogP contribution in [0, 0.1) is 5.92 Å². The lowest BCUT2D eigenvalue weighted by molar-refractivity contribution is -0.136. The van der Waals surface area contributed by atoms with Crippen LogP contribution in [-0.2, 0) is 30.8 Å². The fourth-order valence-corrected chi connectivity index (χ4v) is 4.23. The average molecular weight is 442 g/mol. The van der Waals surface area contributed by atoms with Crippen molar-refractivity contribution in [2.75, 3.05) is 0 Å². The van der Waals surface area contributed by atoms with Gasteiger partial charge in [-0.3, -0.25) is 4.79 Å². The van der Waals surface area contributed by atoms with E-state index in [1.165, 1.54) is 18.4 Å². The van der Waals surface area contributed by atoms with E-state index in [1.54, 1.807) is 6.26 Å². The summed E-state index contributed by atoms with van der Waals surface area (Å²) in [5, 5.41) is 10.3. The summed E-state index contributed by atoms with van der Waals surface area (Å²) in [7, 11) is 0. The maximum Gasteiger partial charge on any atom is 0.307 e. The molecular weight excluding hydrogens is 414 g/mol. The van der Waals surface area contributed by atoms with Crippen LogP contribution < -0.4 is 10.5 Å². The largest absolute Gasteiger partial charge is 0.488 e. The van der Waals surface area contributed by atoms with Crippen molar-refractivity contribution in [3.8, 4) is 16.9 Å². The highest BCUT2D eigenvalue weighted by atomic mass is 16.5.